The van der Waals surface area contributed by atoms with Crippen molar-refractivity contribution in [3.63, 3.8) is 0 Å². The summed E-state index contributed by atoms with van der Waals surface area (Å²) in [6, 6.07) is 1.99. The van der Waals surface area contributed by atoms with Crippen LogP contribution < -0.4 is 5.32 Å². The molecule has 0 spiro atoms. The van der Waals surface area contributed by atoms with E-state index in [-0.39, 0.29) is 18.0 Å². The number of ether oxygens (including phenoxy) is 1. The Morgan fingerprint density at radius 2 is 1.93 bits per heavy atom. The average molecular weight is 405 g/mol. The number of anilines is 1. The Hall–Kier alpha value is -2.11. The van der Waals surface area contributed by atoms with Gasteiger partial charge in [-0.2, -0.15) is 5.26 Å². The van der Waals surface area contributed by atoms with Crippen molar-refractivity contribution < 1.29 is 14.3 Å². The van der Waals surface area contributed by atoms with Crippen molar-refractivity contribution in [1.82, 2.24) is 9.80 Å². The van der Waals surface area contributed by atoms with Crippen LogP contribution in [0.3, 0.4) is 0 Å². The molecule has 8 heteroatoms. The fourth-order valence-corrected chi connectivity index (χ4v) is 5.08. The quantitative estimate of drug-likeness (QED) is 0.780. The normalized spacial score (nSPS) is 18.5. The number of nitrogens with zero attached hydrogens (tertiary/aromatic N) is 3. The second-order valence-corrected chi connectivity index (χ2v) is 8.37. The minimum atomic E-state index is -0.321. The number of aryl methyl sites for hydroxylation is 1. The Labute approximate surface area is 170 Å². The van der Waals surface area contributed by atoms with Crippen LogP contribution >= 0.6 is 11.3 Å². The second-order valence-electron chi connectivity index (χ2n) is 7.27. The molecule has 1 saturated heterocycles. The molecule has 1 fully saturated rings. The lowest BCUT2D eigenvalue weighted by Gasteiger charge is -2.36. The van der Waals surface area contributed by atoms with Gasteiger partial charge in [-0.3, -0.25) is 9.69 Å². The summed E-state index contributed by atoms with van der Waals surface area (Å²) >= 11 is 1.56. The number of hydrogen-bond acceptors (Lipinski definition) is 6. The summed E-state index contributed by atoms with van der Waals surface area (Å²) in [5.74, 6) is -0.0995. The monoisotopic (exact) mass is 404 g/mol. The Bertz CT molecular complexity index is 762. The molecule has 1 aromatic rings. The number of carbonyl (C=O) groups is 2. The molecule has 1 N–H and O–H groups in total. The van der Waals surface area contributed by atoms with Crippen LogP contribution in [0.1, 0.15) is 49.1 Å². The standard InChI is InChI=1S/C20H28N4O3S/c1-3-27-20(26)24-11-9-23(10-12-24)14(2)18(25)22-19-16(13-21)15-7-5-4-6-8-17(15)28-19/h14H,3-12H2,1-2H3,(H,22,25)/t14-/m1/s1. The van der Waals surface area contributed by atoms with E-state index in [0.29, 0.717) is 43.4 Å². The van der Waals surface area contributed by atoms with E-state index in [9.17, 15) is 14.9 Å². The maximum absolute atomic E-state index is 12.8. The van der Waals surface area contributed by atoms with Gasteiger partial charge in [-0.25, -0.2) is 4.79 Å². The van der Waals surface area contributed by atoms with E-state index in [1.165, 1.54) is 11.3 Å². The molecule has 0 radical (unpaired) electrons. The molecule has 7 nitrogen and oxygen atoms in total. The zero-order valence-corrected chi connectivity index (χ0v) is 17.4. The minimum absolute atomic E-state index is 0.0995. The molecule has 1 aromatic heterocycles. The van der Waals surface area contributed by atoms with Crippen LogP contribution in [0.2, 0.25) is 0 Å². The maximum Gasteiger partial charge on any atom is 0.409 e. The lowest BCUT2D eigenvalue weighted by Crippen LogP contribution is -2.54. The molecule has 2 amide bonds. The summed E-state index contributed by atoms with van der Waals surface area (Å²) in [6.45, 7) is 6.38. The van der Waals surface area contributed by atoms with E-state index in [1.54, 1.807) is 23.2 Å². The zero-order valence-electron chi connectivity index (χ0n) is 16.6. The van der Waals surface area contributed by atoms with Crippen LogP contribution in [0.5, 0.6) is 0 Å². The van der Waals surface area contributed by atoms with E-state index in [1.807, 2.05) is 6.92 Å². The van der Waals surface area contributed by atoms with Gasteiger partial charge in [0.25, 0.3) is 0 Å². The van der Waals surface area contributed by atoms with Gasteiger partial charge < -0.3 is 15.0 Å². The van der Waals surface area contributed by atoms with Crippen LogP contribution in [-0.4, -0.2) is 60.6 Å². The molecule has 28 heavy (non-hydrogen) atoms. The molecule has 1 aliphatic carbocycles. The summed E-state index contributed by atoms with van der Waals surface area (Å²) < 4.78 is 5.04. The molecule has 1 aliphatic heterocycles. The van der Waals surface area contributed by atoms with Crippen molar-refractivity contribution in [3.8, 4) is 6.07 Å². The van der Waals surface area contributed by atoms with E-state index in [0.717, 1.165) is 31.2 Å². The van der Waals surface area contributed by atoms with Crippen LogP contribution in [0.4, 0.5) is 9.80 Å². The van der Waals surface area contributed by atoms with Gasteiger partial charge in [0.2, 0.25) is 5.91 Å². The van der Waals surface area contributed by atoms with Crippen LogP contribution in [0, 0.1) is 11.3 Å². The maximum atomic E-state index is 12.8. The first-order valence-corrected chi connectivity index (χ1v) is 10.9. The molecule has 3 rings (SSSR count). The molecule has 0 unspecified atom stereocenters. The predicted octanol–water partition coefficient (Wildman–Crippen LogP) is 2.99. The molecular weight excluding hydrogens is 376 g/mol. The highest BCUT2D eigenvalue weighted by Gasteiger charge is 2.29. The summed E-state index contributed by atoms with van der Waals surface area (Å²) in [5.41, 5.74) is 1.78. The Balaban J connectivity index is 1.61. The summed E-state index contributed by atoms with van der Waals surface area (Å²) in [6.07, 6.45) is 5.08. The Morgan fingerprint density at radius 3 is 2.61 bits per heavy atom. The van der Waals surface area contributed by atoms with E-state index < -0.39 is 0 Å². The number of carbonyl (C=O) groups excluding carboxylic acids is 2. The first kappa shape index (κ1) is 20.6. The number of amides is 2. The first-order valence-electron chi connectivity index (χ1n) is 10.1. The predicted molar refractivity (Wildman–Crippen MR) is 109 cm³/mol. The number of thiophene rings is 1. The molecule has 2 heterocycles. The number of fused-ring (bicyclic) bond motifs is 1. The lowest BCUT2D eigenvalue weighted by atomic mass is 10.1. The van der Waals surface area contributed by atoms with Gasteiger partial charge in [0.1, 0.15) is 11.1 Å². The smallest absolute Gasteiger partial charge is 0.409 e. The third kappa shape index (κ3) is 4.47. The van der Waals surface area contributed by atoms with Crippen LogP contribution in [0.15, 0.2) is 0 Å². The third-order valence-corrected chi connectivity index (χ3v) is 6.74. The highest BCUT2D eigenvalue weighted by atomic mass is 32.1. The number of rotatable bonds is 4. The molecule has 1 atom stereocenters. The molecule has 152 valence electrons. The average Bonchev–Trinajstić information content (AvgIpc) is 2.86. The van der Waals surface area contributed by atoms with Crippen molar-refractivity contribution in [3.05, 3.63) is 16.0 Å². The first-order chi connectivity index (χ1) is 13.5. The van der Waals surface area contributed by atoms with Crippen LogP contribution in [0.25, 0.3) is 0 Å². The lowest BCUT2D eigenvalue weighted by molar-refractivity contribution is -0.121. The van der Waals surface area contributed by atoms with Crippen molar-refractivity contribution >= 4 is 28.3 Å². The molecule has 0 aromatic carbocycles. The van der Waals surface area contributed by atoms with Gasteiger partial charge in [0, 0.05) is 31.1 Å². The zero-order chi connectivity index (χ0) is 20.1. The van der Waals surface area contributed by atoms with Gasteiger partial charge >= 0.3 is 6.09 Å². The largest absolute Gasteiger partial charge is 0.450 e. The van der Waals surface area contributed by atoms with Gasteiger partial charge in [-0.15, -0.1) is 11.3 Å². The summed E-state index contributed by atoms with van der Waals surface area (Å²) in [7, 11) is 0. The number of piperazine rings is 1. The van der Waals surface area contributed by atoms with Gasteiger partial charge in [-0.1, -0.05) is 6.42 Å². The summed E-state index contributed by atoms with van der Waals surface area (Å²) in [5, 5.41) is 13.3. The van der Waals surface area contributed by atoms with Crippen molar-refractivity contribution in [2.45, 2.75) is 52.0 Å². The van der Waals surface area contributed by atoms with Gasteiger partial charge in [-0.05, 0) is 45.1 Å². The van der Waals surface area contributed by atoms with Gasteiger partial charge in [0.15, 0.2) is 0 Å². The number of nitriles is 1. The van der Waals surface area contributed by atoms with E-state index in [2.05, 4.69) is 16.3 Å². The van der Waals surface area contributed by atoms with Gasteiger partial charge in [0.05, 0.1) is 18.2 Å². The Morgan fingerprint density at radius 1 is 1.21 bits per heavy atom. The molecule has 0 saturated carbocycles. The number of hydrogen-bond donors (Lipinski definition) is 1. The fraction of sp³-hybridized carbons (Fsp3) is 0.650. The molecule has 0 bridgehead atoms. The van der Waals surface area contributed by atoms with Crippen molar-refractivity contribution in [1.29, 1.82) is 5.26 Å². The van der Waals surface area contributed by atoms with E-state index in [4.69, 9.17) is 4.74 Å². The van der Waals surface area contributed by atoms with Crippen LogP contribution in [-0.2, 0) is 22.4 Å². The molecular formula is C20H28N4O3S. The molecule has 2 aliphatic rings. The highest BCUT2D eigenvalue weighted by Crippen LogP contribution is 2.37. The fourth-order valence-electron chi connectivity index (χ4n) is 3.84. The topological polar surface area (TPSA) is 85.7 Å². The minimum Gasteiger partial charge on any atom is -0.450 e. The SMILES string of the molecule is CCOC(=O)N1CCN([C@H](C)C(=O)Nc2sc3c(c2C#N)CCCCC3)CC1. The van der Waals surface area contributed by atoms with E-state index >= 15 is 0 Å². The summed E-state index contributed by atoms with van der Waals surface area (Å²) in [4.78, 5) is 29.6. The Kier molecular flexibility index (Phi) is 6.92. The third-order valence-electron chi connectivity index (χ3n) is 5.54. The van der Waals surface area contributed by atoms with Crippen molar-refractivity contribution in [2.24, 2.45) is 0 Å². The number of nitrogens with one attached hydrogen (secondary N) is 1. The highest BCUT2D eigenvalue weighted by molar-refractivity contribution is 7.16. The van der Waals surface area contributed by atoms with Crippen molar-refractivity contribution in [2.75, 3.05) is 38.1 Å². The second kappa shape index (κ2) is 9.39.